The number of hydrogen-bond donors (Lipinski definition) is 1. The first-order valence-corrected chi connectivity index (χ1v) is 6.58. The van der Waals surface area contributed by atoms with Crippen molar-refractivity contribution in [3.63, 3.8) is 0 Å². The zero-order valence-electron chi connectivity index (χ0n) is 10.4. The molecule has 0 aliphatic heterocycles. The van der Waals surface area contributed by atoms with Gasteiger partial charge in [0.05, 0.1) is 5.56 Å². The number of thiophene rings is 1. The molecule has 18 heavy (non-hydrogen) atoms. The average Bonchev–Trinajstić information content (AvgIpc) is 2.77. The van der Waals surface area contributed by atoms with Crippen molar-refractivity contribution in [2.75, 3.05) is 7.05 Å². The third-order valence-corrected chi connectivity index (χ3v) is 3.65. The molecule has 0 atom stereocenters. The molecule has 0 saturated heterocycles. The first-order valence-electron chi connectivity index (χ1n) is 5.64. The first kappa shape index (κ1) is 12.6. The Hall–Kier alpha value is -1.81. The number of carbonyl (C=O) groups excluding carboxylic acids is 1. The lowest BCUT2D eigenvalue weighted by atomic mass is 10.1. The van der Waals surface area contributed by atoms with Gasteiger partial charge in [-0.2, -0.15) is 11.3 Å². The third kappa shape index (κ3) is 2.71. The summed E-state index contributed by atoms with van der Waals surface area (Å²) < 4.78 is 0. The van der Waals surface area contributed by atoms with E-state index in [2.05, 4.69) is 0 Å². The maximum absolute atomic E-state index is 12.2. The van der Waals surface area contributed by atoms with Crippen LogP contribution in [-0.2, 0) is 6.54 Å². The standard InChI is InChI=1S/C14H15NO2S/c1-10-8-18-9-13(10)14(17)15(2)7-11-3-5-12(16)6-4-11/h3-6,8-9,16H,7H2,1-2H3. The molecular weight excluding hydrogens is 246 g/mol. The van der Waals surface area contributed by atoms with Gasteiger partial charge in [0.25, 0.3) is 5.91 Å². The second kappa shape index (κ2) is 5.23. The number of nitrogens with zero attached hydrogens (tertiary/aromatic N) is 1. The number of phenols is 1. The predicted octanol–water partition coefficient (Wildman–Crippen LogP) is 3.03. The van der Waals surface area contributed by atoms with Crippen LogP contribution in [0, 0.1) is 6.92 Å². The second-order valence-corrected chi connectivity index (χ2v) is 5.04. The van der Waals surface area contributed by atoms with Crippen LogP contribution in [0.5, 0.6) is 5.75 Å². The molecule has 1 heterocycles. The number of aryl methyl sites for hydroxylation is 1. The summed E-state index contributed by atoms with van der Waals surface area (Å²) in [6.07, 6.45) is 0. The molecule has 0 fully saturated rings. The van der Waals surface area contributed by atoms with Crippen molar-refractivity contribution >= 4 is 17.2 Å². The van der Waals surface area contributed by atoms with E-state index in [-0.39, 0.29) is 11.7 Å². The Morgan fingerprint density at radius 3 is 2.50 bits per heavy atom. The number of carbonyl (C=O) groups is 1. The molecule has 0 aliphatic rings. The van der Waals surface area contributed by atoms with Gasteiger partial charge in [-0.1, -0.05) is 12.1 Å². The Bertz CT molecular complexity index is 545. The Morgan fingerprint density at radius 2 is 1.94 bits per heavy atom. The van der Waals surface area contributed by atoms with E-state index in [1.165, 1.54) is 11.3 Å². The maximum atomic E-state index is 12.2. The molecule has 2 aromatic rings. The zero-order chi connectivity index (χ0) is 13.1. The van der Waals surface area contributed by atoms with Gasteiger partial charge < -0.3 is 10.0 Å². The van der Waals surface area contributed by atoms with Crippen molar-refractivity contribution in [2.24, 2.45) is 0 Å². The van der Waals surface area contributed by atoms with E-state index in [9.17, 15) is 9.90 Å². The highest BCUT2D eigenvalue weighted by Gasteiger charge is 2.14. The van der Waals surface area contributed by atoms with Gasteiger partial charge in [0.2, 0.25) is 0 Å². The first-order chi connectivity index (χ1) is 8.58. The van der Waals surface area contributed by atoms with Crippen molar-refractivity contribution in [3.8, 4) is 5.75 Å². The third-order valence-electron chi connectivity index (χ3n) is 2.79. The van der Waals surface area contributed by atoms with Crippen LogP contribution in [0.2, 0.25) is 0 Å². The fourth-order valence-electron chi connectivity index (χ4n) is 1.73. The van der Waals surface area contributed by atoms with Gasteiger partial charge in [0, 0.05) is 19.0 Å². The molecule has 0 saturated carbocycles. The molecule has 1 amide bonds. The largest absolute Gasteiger partial charge is 0.508 e. The van der Waals surface area contributed by atoms with E-state index in [1.54, 1.807) is 24.1 Å². The van der Waals surface area contributed by atoms with E-state index >= 15 is 0 Å². The van der Waals surface area contributed by atoms with Crippen molar-refractivity contribution in [1.82, 2.24) is 4.90 Å². The molecule has 2 rings (SSSR count). The van der Waals surface area contributed by atoms with E-state index in [0.717, 1.165) is 16.7 Å². The Morgan fingerprint density at radius 1 is 1.28 bits per heavy atom. The van der Waals surface area contributed by atoms with E-state index in [1.807, 2.05) is 29.8 Å². The highest BCUT2D eigenvalue weighted by molar-refractivity contribution is 7.08. The topological polar surface area (TPSA) is 40.5 Å². The van der Waals surface area contributed by atoms with Crippen molar-refractivity contribution in [3.05, 3.63) is 51.7 Å². The molecule has 0 bridgehead atoms. The Kier molecular flexibility index (Phi) is 3.67. The van der Waals surface area contributed by atoms with Crippen LogP contribution in [0.3, 0.4) is 0 Å². The summed E-state index contributed by atoms with van der Waals surface area (Å²) in [5.74, 6) is 0.267. The van der Waals surface area contributed by atoms with Crippen LogP contribution in [0.25, 0.3) is 0 Å². The molecular formula is C14H15NO2S. The van der Waals surface area contributed by atoms with Crippen LogP contribution < -0.4 is 0 Å². The number of benzene rings is 1. The normalized spacial score (nSPS) is 10.3. The van der Waals surface area contributed by atoms with Gasteiger partial charge >= 0.3 is 0 Å². The number of hydrogen-bond acceptors (Lipinski definition) is 3. The van der Waals surface area contributed by atoms with Crippen LogP contribution >= 0.6 is 11.3 Å². The van der Waals surface area contributed by atoms with E-state index in [0.29, 0.717) is 6.54 Å². The summed E-state index contributed by atoms with van der Waals surface area (Å²) in [4.78, 5) is 13.9. The minimum absolute atomic E-state index is 0.0295. The average molecular weight is 261 g/mol. The molecule has 3 nitrogen and oxygen atoms in total. The van der Waals surface area contributed by atoms with Crippen LogP contribution in [0.4, 0.5) is 0 Å². The fraction of sp³-hybridized carbons (Fsp3) is 0.214. The molecule has 0 radical (unpaired) electrons. The van der Waals surface area contributed by atoms with Gasteiger partial charge in [0.1, 0.15) is 5.75 Å². The highest BCUT2D eigenvalue weighted by atomic mass is 32.1. The maximum Gasteiger partial charge on any atom is 0.255 e. The molecule has 4 heteroatoms. The lowest BCUT2D eigenvalue weighted by molar-refractivity contribution is 0.0785. The minimum atomic E-state index is 0.0295. The summed E-state index contributed by atoms with van der Waals surface area (Å²) in [7, 11) is 1.78. The molecule has 1 aromatic carbocycles. The summed E-state index contributed by atoms with van der Waals surface area (Å²) in [5, 5.41) is 13.1. The Balaban J connectivity index is 2.08. The number of aromatic hydroxyl groups is 1. The molecule has 0 spiro atoms. The number of amides is 1. The van der Waals surface area contributed by atoms with Gasteiger partial charge in [-0.15, -0.1) is 0 Å². The van der Waals surface area contributed by atoms with Crippen LogP contribution in [0.1, 0.15) is 21.5 Å². The van der Waals surface area contributed by atoms with Crippen molar-refractivity contribution in [2.45, 2.75) is 13.5 Å². The lowest BCUT2D eigenvalue weighted by Crippen LogP contribution is -2.26. The van der Waals surface area contributed by atoms with Gasteiger partial charge in [0.15, 0.2) is 0 Å². The van der Waals surface area contributed by atoms with Gasteiger partial charge in [-0.05, 0) is 35.6 Å². The monoisotopic (exact) mass is 261 g/mol. The summed E-state index contributed by atoms with van der Waals surface area (Å²) in [6, 6.07) is 6.89. The predicted molar refractivity (Wildman–Crippen MR) is 73.0 cm³/mol. The molecule has 0 aliphatic carbocycles. The van der Waals surface area contributed by atoms with Crippen molar-refractivity contribution in [1.29, 1.82) is 0 Å². The summed E-state index contributed by atoms with van der Waals surface area (Å²) in [5.41, 5.74) is 2.78. The van der Waals surface area contributed by atoms with Crippen LogP contribution in [-0.4, -0.2) is 23.0 Å². The SMILES string of the molecule is Cc1cscc1C(=O)N(C)Cc1ccc(O)cc1. The fourth-order valence-corrected chi connectivity index (χ4v) is 2.55. The smallest absolute Gasteiger partial charge is 0.255 e. The molecule has 1 N–H and O–H groups in total. The zero-order valence-corrected chi connectivity index (χ0v) is 11.2. The van der Waals surface area contributed by atoms with E-state index in [4.69, 9.17) is 0 Å². The van der Waals surface area contributed by atoms with Gasteiger partial charge in [-0.3, -0.25) is 4.79 Å². The molecule has 0 unspecified atom stereocenters. The van der Waals surface area contributed by atoms with Crippen molar-refractivity contribution < 1.29 is 9.90 Å². The lowest BCUT2D eigenvalue weighted by Gasteiger charge is -2.17. The number of phenolic OH excluding ortho intramolecular Hbond substituents is 1. The van der Waals surface area contributed by atoms with Gasteiger partial charge in [-0.25, -0.2) is 0 Å². The number of rotatable bonds is 3. The van der Waals surface area contributed by atoms with Crippen LogP contribution in [0.15, 0.2) is 35.0 Å². The summed E-state index contributed by atoms with van der Waals surface area (Å²) >= 11 is 1.54. The molecule has 1 aromatic heterocycles. The summed E-state index contributed by atoms with van der Waals surface area (Å²) in [6.45, 7) is 2.48. The minimum Gasteiger partial charge on any atom is -0.508 e. The Labute approximate surface area is 110 Å². The quantitative estimate of drug-likeness (QED) is 0.922. The van der Waals surface area contributed by atoms with E-state index < -0.39 is 0 Å². The second-order valence-electron chi connectivity index (χ2n) is 4.30. The molecule has 94 valence electrons. The highest BCUT2D eigenvalue weighted by Crippen LogP contribution is 2.17.